The van der Waals surface area contributed by atoms with Crippen LogP contribution in [0.4, 0.5) is 4.39 Å². The Morgan fingerprint density at radius 1 is 1.12 bits per heavy atom. The number of hydrogen-bond donors (Lipinski definition) is 0. The number of fused-ring (bicyclic) bond motifs is 5. The van der Waals surface area contributed by atoms with Gasteiger partial charge in [0.2, 0.25) is 0 Å². The van der Waals surface area contributed by atoms with Crippen LogP contribution in [-0.4, -0.2) is 7.11 Å². The molecule has 1 nitrogen and oxygen atoms in total. The summed E-state index contributed by atoms with van der Waals surface area (Å²) in [6.45, 7) is 8.87. The van der Waals surface area contributed by atoms with E-state index in [-0.39, 0.29) is 16.7 Å². The largest absolute Gasteiger partial charge is 0.501 e. The van der Waals surface area contributed by atoms with E-state index in [0.717, 1.165) is 42.4 Å². The van der Waals surface area contributed by atoms with Gasteiger partial charge in [-0.25, -0.2) is 4.39 Å². The average Bonchev–Trinajstić information content (AvgIpc) is 2.92. The van der Waals surface area contributed by atoms with E-state index >= 15 is 0 Å². The first kappa shape index (κ1) is 17.4. The molecule has 2 saturated carbocycles. The normalized spacial score (nSPS) is 45.4. The Kier molecular flexibility index (Phi) is 3.98. The summed E-state index contributed by atoms with van der Waals surface area (Å²) in [4.78, 5) is 0. The summed E-state index contributed by atoms with van der Waals surface area (Å²) >= 11 is 0. The molecule has 0 aromatic heterocycles. The molecule has 5 unspecified atom stereocenters. The second-order valence-electron chi connectivity index (χ2n) is 9.51. The lowest BCUT2D eigenvalue weighted by molar-refractivity contribution is -0.0118. The predicted octanol–water partition coefficient (Wildman–Crippen LogP) is 6.72. The van der Waals surface area contributed by atoms with Crippen molar-refractivity contribution < 1.29 is 9.13 Å². The fourth-order valence-electron chi connectivity index (χ4n) is 7.28. The highest BCUT2D eigenvalue weighted by Crippen LogP contribution is 2.67. The van der Waals surface area contributed by atoms with Crippen LogP contribution in [0.3, 0.4) is 0 Å². The number of hydrogen-bond acceptors (Lipinski definition) is 1. The van der Waals surface area contributed by atoms with Crippen LogP contribution in [0, 0.1) is 28.6 Å². The molecule has 4 aliphatic rings. The van der Waals surface area contributed by atoms with E-state index < -0.39 is 0 Å². The molecule has 0 saturated heterocycles. The van der Waals surface area contributed by atoms with Crippen LogP contribution in [0.1, 0.15) is 72.6 Å². The van der Waals surface area contributed by atoms with Crippen molar-refractivity contribution in [2.45, 2.75) is 72.6 Å². The first-order valence-electron chi connectivity index (χ1n) is 10.1. The Balaban J connectivity index is 1.75. The highest BCUT2D eigenvalue weighted by molar-refractivity contribution is 5.40. The lowest BCUT2D eigenvalue weighted by Gasteiger charge is -2.57. The smallest absolute Gasteiger partial charge is 0.0966 e. The molecule has 0 heterocycles. The predicted molar refractivity (Wildman–Crippen MR) is 101 cm³/mol. The van der Waals surface area contributed by atoms with Gasteiger partial charge in [-0.3, -0.25) is 0 Å². The van der Waals surface area contributed by atoms with Gasteiger partial charge in [0.1, 0.15) is 0 Å². The van der Waals surface area contributed by atoms with Gasteiger partial charge in [-0.2, -0.15) is 0 Å². The summed E-state index contributed by atoms with van der Waals surface area (Å²) in [6, 6.07) is 0. The molecule has 25 heavy (non-hydrogen) atoms. The Labute approximate surface area is 152 Å². The van der Waals surface area contributed by atoms with E-state index in [1.54, 1.807) is 25.2 Å². The Morgan fingerprint density at radius 3 is 2.52 bits per heavy atom. The fraction of sp³-hybridized carbons (Fsp3) is 0.739. The Bertz CT molecular complexity index is 680. The Morgan fingerprint density at radius 2 is 1.84 bits per heavy atom. The maximum Gasteiger partial charge on any atom is 0.0966 e. The summed E-state index contributed by atoms with van der Waals surface area (Å²) in [6.07, 6.45) is 10.4. The second kappa shape index (κ2) is 5.72. The number of ether oxygens (including phenoxy) is 1. The molecule has 0 bridgehead atoms. The summed E-state index contributed by atoms with van der Waals surface area (Å²) < 4.78 is 19.8. The summed E-state index contributed by atoms with van der Waals surface area (Å²) in [5.41, 5.74) is 4.63. The number of methoxy groups -OCH3 is 1. The van der Waals surface area contributed by atoms with Gasteiger partial charge in [-0.05, 0) is 98.2 Å². The van der Waals surface area contributed by atoms with E-state index in [1.807, 2.05) is 0 Å². The highest BCUT2D eigenvalue weighted by Gasteiger charge is 2.57. The molecule has 2 heteroatoms. The van der Waals surface area contributed by atoms with Gasteiger partial charge >= 0.3 is 0 Å². The van der Waals surface area contributed by atoms with Gasteiger partial charge in [0, 0.05) is 6.42 Å². The van der Waals surface area contributed by atoms with E-state index in [0.29, 0.717) is 5.92 Å². The first-order chi connectivity index (χ1) is 11.8. The van der Waals surface area contributed by atoms with Gasteiger partial charge in [-0.1, -0.05) is 19.4 Å². The molecule has 0 amide bonds. The fourth-order valence-corrected chi connectivity index (χ4v) is 7.28. The first-order valence-corrected chi connectivity index (χ1v) is 10.1. The zero-order chi connectivity index (χ0) is 18.0. The van der Waals surface area contributed by atoms with Crippen molar-refractivity contribution in [1.82, 2.24) is 0 Å². The zero-order valence-electron chi connectivity index (χ0n) is 16.5. The van der Waals surface area contributed by atoms with Crippen LogP contribution in [0.2, 0.25) is 0 Å². The van der Waals surface area contributed by atoms with Crippen LogP contribution in [0.15, 0.2) is 34.4 Å². The third-order valence-electron chi connectivity index (χ3n) is 8.53. The standard InChI is InChI=1S/C23H33FO/c1-14-12-17-19-7-6-18(15(2)24)22(19,3)11-9-20(17)23(4)10-8-16(25-5)13-21(14)23/h13,17,19-20H,6-12H2,1-5H3/b18-15+. The van der Waals surface area contributed by atoms with Crippen molar-refractivity contribution in [3.63, 3.8) is 0 Å². The highest BCUT2D eigenvalue weighted by atomic mass is 19.1. The summed E-state index contributed by atoms with van der Waals surface area (Å²) in [7, 11) is 1.80. The van der Waals surface area contributed by atoms with Crippen molar-refractivity contribution in [1.29, 1.82) is 0 Å². The lowest BCUT2D eigenvalue weighted by atomic mass is 9.47. The van der Waals surface area contributed by atoms with Gasteiger partial charge in [0.15, 0.2) is 0 Å². The van der Waals surface area contributed by atoms with Crippen molar-refractivity contribution >= 4 is 0 Å². The topological polar surface area (TPSA) is 9.23 Å². The molecule has 0 spiro atoms. The van der Waals surface area contributed by atoms with Crippen LogP contribution < -0.4 is 0 Å². The van der Waals surface area contributed by atoms with E-state index in [1.165, 1.54) is 25.7 Å². The van der Waals surface area contributed by atoms with E-state index in [2.05, 4.69) is 26.8 Å². The monoisotopic (exact) mass is 344 g/mol. The van der Waals surface area contributed by atoms with Crippen molar-refractivity contribution in [3.05, 3.63) is 34.4 Å². The minimum atomic E-state index is 0.101. The Hall–Kier alpha value is -1.05. The number of allylic oxidation sites excluding steroid dienone is 6. The zero-order valence-corrected chi connectivity index (χ0v) is 16.5. The third-order valence-corrected chi connectivity index (χ3v) is 8.53. The maximum atomic E-state index is 14.2. The molecule has 0 N–H and O–H groups in total. The van der Waals surface area contributed by atoms with E-state index in [9.17, 15) is 4.39 Å². The van der Waals surface area contributed by atoms with E-state index in [4.69, 9.17) is 4.74 Å². The summed E-state index contributed by atoms with van der Waals surface area (Å²) in [5, 5.41) is 0. The second-order valence-corrected chi connectivity index (χ2v) is 9.51. The minimum Gasteiger partial charge on any atom is -0.501 e. The molecule has 0 aromatic rings. The molecule has 4 rings (SSSR count). The molecular weight excluding hydrogens is 311 g/mol. The summed E-state index contributed by atoms with van der Waals surface area (Å²) in [5.74, 6) is 3.38. The van der Waals surface area contributed by atoms with Crippen molar-refractivity contribution in [2.24, 2.45) is 28.6 Å². The number of halogens is 1. The van der Waals surface area contributed by atoms with Crippen molar-refractivity contribution in [2.75, 3.05) is 7.11 Å². The van der Waals surface area contributed by atoms with Crippen molar-refractivity contribution in [3.8, 4) is 0 Å². The quantitative estimate of drug-likeness (QED) is 0.513. The third kappa shape index (κ3) is 2.32. The molecule has 0 aromatic carbocycles. The average molecular weight is 345 g/mol. The lowest BCUT2D eigenvalue weighted by Crippen LogP contribution is -2.49. The molecular formula is C23H33FO. The van der Waals surface area contributed by atoms with Gasteiger partial charge < -0.3 is 4.74 Å². The molecule has 0 radical (unpaired) electrons. The van der Waals surface area contributed by atoms with Gasteiger partial charge in [-0.15, -0.1) is 0 Å². The van der Waals surface area contributed by atoms with Crippen LogP contribution in [-0.2, 0) is 4.74 Å². The van der Waals surface area contributed by atoms with Crippen LogP contribution in [0.25, 0.3) is 0 Å². The van der Waals surface area contributed by atoms with Crippen LogP contribution in [0.5, 0.6) is 0 Å². The van der Waals surface area contributed by atoms with Gasteiger partial charge in [0.05, 0.1) is 18.7 Å². The number of rotatable bonds is 1. The molecule has 5 atom stereocenters. The molecule has 4 aliphatic carbocycles. The molecule has 138 valence electrons. The maximum absolute atomic E-state index is 14.2. The molecule has 0 aliphatic heterocycles. The van der Waals surface area contributed by atoms with Gasteiger partial charge in [0.25, 0.3) is 0 Å². The van der Waals surface area contributed by atoms with Crippen LogP contribution >= 0.6 is 0 Å². The molecule has 2 fully saturated rings. The minimum absolute atomic E-state index is 0.101. The SMILES string of the molecule is COC1=CC2=C(C)CC3C(CCC4(C)/C(=C(\C)F)CCC34)C2(C)CC1.